The van der Waals surface area contributed by atoms with Gasteiger partial charge in [0.25, 0.3) is 0 Å². The van der Waals surface area contributed by atoms with Crippen molar-refractivity contribution in [2.75, 3.05) is 18.2 Å². The van der Waals surface area contributed by atoms with Crippen molar-refractivity contribution in [3.63, 3.8) is 0 Å². The number of ether oxygens (including phenoxy) is 1. The molecule has 0 saturated carbocycles. The van der Waals surface area contributed by atoms with Gasteiger partial charge in [0.2, 0.25) is 5.91 Å². The summed E-state index contributed by atoms with van der Waals surface area (Å²) in [6, 6.07) is 6.60. The molecular formula is C17H17ClN2O4S. The molecule has 0 fully saturated rings. The summed E-state index contributed by atoms with van der Waals surface area (Å²) in [6.45, 7) is 1.34. The Morgan fingerprint density at radius 1 is 1.28 bits per heavy atom. The molecule has 0 aliphatic rings. The molecule has 0 atom stereocenters. The summed E-state index contributed by atoms with van der Waals surface area (Å²) in [5, 5.41) is 3.20. The van der Waals surface area contributed by atoms with Crippen molar-refractivity contribution in [1.82, 2.24) is 0 Å². The number of halogens is 1. The molecule has 8 heteroatoms. The molecule has 2 rings (SSSR count). The van der Waals surface area contributed by atoms with E-state index in [9.17, 15) is 14.4 Å². The van der Waals surface area contributed by atoms with E-state index in [0.29, 0.717) is 27.6 Å². The summed E-state index contributed by atoms with van der Waals surface area (Å²) >= 11 is 7.26. The van der Waals surface area contributed by atoms with E-state index >= 15 is 0 Å². The molecule has 25 heavy (non-hydrogen) atoms. The Morgan fingerprint density at radius 3 is 2.56 bits per heavy atom. The minimum atomic E-state index is -0.389. The number of amides is 1. The van der Waals surface area contributed by atoms with Crippen LogP contribution in [-0.4, -0.2) is 24.8 Å². The molecule has 3 N–H and O–H groups in total. The standard InChI is InChI=1S/C17H17ClN2O4S/c1-9(21)20-15-12(7-8-13(22)24-2)25-17(19)14(15)16(23)10-5-3-4-6-11(10)18/h3-6H,7-8,19H2,1-2H3,(H,20,21). The zero-order chi connectivity index (χ0) is 18.6. The molecule has 2 aromatic rings. The Morgan fingerprint density at radius 2 is 1.96 bits per heavy atom. The predicted octanol–water partition coefficient (Wildman–Crippen LogP) is 3.28. The summed E-state index contributed by atoms with van der Waals surface area (Å²) in [5.74, 6) is -1.11. The van der Waals surface area contributed by atoms with Crippen LogP contribution >= 0.6 is 22.9 Å². The van der Waals surface area contributed by atoms with E-state index in [4.69, 9.17) is 17.3 Å². The second-order valence-electron chi connectivity index (χ2n) is 5.21. The van der Waals surface area contributed by atoms with Gasteiger partial charge < -0.3 is 15.8 Å². The number of rotatable bonds is 6. The smallest absolute Gasteiger partial charge is 0.305 e. The maximum atomic E-state index is 12.9. The van der Waals surface area contributed by atoms with Gasteiger partial charge in [-0.2, -0.15) is 0 Å². The molecule has 1 heterocycles. The number of thiophene rings is 1. The van der Waals surface area contributed by atoms with Crippen LogP contribution in [0.5, 0.6) is 0 Å². The first kappa shape index (κ1) is 19.0. The summed E-state index contributed by atoms with van der Waals surface area (Å²) in [7, 11) is 1.30. The number of nitrogens with one attached hydrogen (secondary N) is 1. The number of esters is 1. The van der Waals surface area contributed by atoms with Crippen molar-refractivity contribution < 1.29 is 19.1 Å². The molecule has 1 amide bonds. The Labute approximate surface area is 153 Å². The van der Waals surface area contributed by atoms with E-state index in [1.807, 2.05) is 0 Å². The summed E-state index contributed by atoms with van der Waals surface area (Å²) in [4.78, 5) is 36.5. The SMILES string of the molecule is COC(=O)CCc1sc(N)c(C(=O)c2ccccc2Cl)c1NC(C)=O. The molecule has 0 aliphatic heterocycles. The van der Waals surface area contributed by atoms with E-state index in [1.165, 1.54) is 14.0 Å². The number of carbonyl (C=O) groups is 3. The highest BCUT2D eigenvalue weighted by atomic mass is 35.5. The van der Waals surface area contributed by atoms with Crippen LogP contribution in [0.25, 0.3) is 0 Å². The number of carbonyl (C=O) groups excluding carboxylic acids is 3. The van der Waals surface area contributed by atoms with Crippen LogP contribution in [0.1, 0.15) is 34.1 Å². The number of nitrogen functional groups attached to an aromatic ring is 1. The van der Waals surface area contributed by atoms with E-state index in [1.54, 1.807) is 24.3 Å². The molecule has 0 radical (unpaired) electrons. The van der Waals surface area contributed by atoms with Gasteiger partial charge in [-0.05, 0) is 18.6 Å². The molecule has 0 spiro atoms. The van der Waals surface area contributed by atoms with Crippen LogP contribution in [0, 0.1) is 0 Å². The third-order valence-electron chi connectivity index (χ3n) is 3.44. The quantitative estimate of drug-likeness (QED) is 0.592. The van der Waals surface area contributed by atoms with Gasteiger partial charge in [-0.1, -0.05) is 23.7 Å². The fourth-order valence-corrected chi connectivity index (χ4v) is 3.55. The lowest BCUT2D eigenvalue weighted by Crippen LogP contribution is -2.13. The Bertz CT molecular complexity index is 832. The molecular weight excluding hydrogens is 364 g/mol. The average Bonchev–Trinajstić information content (AvgIpc) is 2.87. The normalized spacial score (nSPS) is 10.4. The molecule has 0 saturated heterocycles. The van der Waals surface area contributed by atoms with Crippen molar-refractivity contribution in [2.24, 2.45) is 0 Å². The van der Waals surface area contributed by atoms with Crippen molar-refractivity contribution in [3.05, 3.63) is 45.3 Å². The summed E-state index contributed by atoms with van der Waals surface area (Å²) < 4.78 is 4.63. The van der Waals surface area contributed by atoms with E-state index in [0.717, 1.165) is 11.3 Å². The molecule has 0 aliphatic carbocycles. The van der Waals surface area contributed by atoms with Crippen LogP contribution < -0.4 is 11.1 Å². The van der Waals surface area contributed by atoms with Crippen molar-refractivity contribution >= 4 is 51.3 Å². The Balaban J connectivity index is 2.47. The second-order valence-corrected chi connectivity index (χ2v) is 6.75. The largest absolute Gasteiger partial charge is 0.469 e. The van der Waals surface area contributed by atoms with Gasteiger partial charge in [0.15, 0.2) is 5.78 Å². The van der Waals surface area contributed by atoms with Crippen molar-refractivity contribution in [2.45, 2.75) is 19.8 Å². The number of hydrogen-bond donors (Lipinski definition) is 2. The molecule has 132 valence electrons. The molecule has 0 bridgehead atoms. The molecule has 1 aromatic carbocycles. The fraction of sp³-hybridized carbons (Fsp3) is 0.235. The average molecular weight is 381 g/mol. The van der Waals surface area contributed by atoms with Gasteiger partial charge in [-0.25, -0.2) is 0 Å². The maximum absolute atomic E-state index is 12.9. The predicted molar refractivity (Wildman–Crippen MR) is 98.3 cm³/mol. The number of aryl methyl sites for hydroxylation is 1. The summed E-state index contributed by atoms with van der Waals surface area (Å²) in [5.41, 5.74) is 6.83. The number of nitrogens with two attached hydrogens (primary N) is 1. The van der Waals surface area contributed by atoms with Crippen LogP contribution in [0.2, 0.25) is 5.02 Å². The summed E-state index contributed by atoms with van der Waals surface area (Å²) in [6.07, 6.45) is 0.412. The van der Waals surface area contributed by atoms with E-state index in [-0.39, 0.29) is 34.6 Å². The first-order valence-corrected chi connectivity index (χ1v) is 8.59. The minimum absolute atomic E-state index is 0.114. The van der Waals surface area contributed by atoms with Gasteiger partial charge >= 0.3 is 5.97 Å². The third-order valence-corrected chi connectivity index (χ3v) is 4.85. The highest BCUT2D eigenvalue weighted by molar-refractivity contribution is 7.17. The third kappa shape index (κ3) is 4.37. The van der Waals surface area contributed by atoms with Gasteiger partial charge in [0, 0.05) is 17.4 Å². The van der Waals surface area contributed by atoms with Crippen LogP contribution in [0.4, 0.5) is 10.7 Å². The van der Waals surface area contributed by atoms with Crippen LogP contribution in [0.3, 0.4) is 0 Å². The highest BCUT2D eigenvalue weighted by Gasteiger charge is 2.25. The van der Waals surface area contributed by atoms with Gasteiger partial charge in [0.1, 0.15) is 0 Å². The molecule has 1 aromatic heterocycles. The lowest BCUT2D eigenvalue weighted by atomic mass is 10.0. The first-order valence-electron chi connectivity index (χ1n) is 7.40. The topological polar surface area (TPSA) is 98.5 Å². The van der Waals surface area contributed by atoms with Crippen LogP contribution in [-0.2, 0) is 20.7 Å². The Kier molecular flexibility index (Phi) is 6.17. The zero-order valence-electron chi connectivity index (χ0n) is 13.7. The Hall–Kier alpha value is -2.38. The monoisotopic (exact) mass is 380 g/mol. The number of anilines is 2. The first-order chi connectivity index (χ1) is 11.8. The zero-order valence-corrected chi connectivity index (χ0v) is 15.3. The van der Waals surface area contributed by atoms with Gasteiger partial charge in [0.05, 0.1) is 34.8 Å². The van der Waals surface area contributed by atoms with Crippen molar-refractivity contribution in [3.8, 4) is 0 Å². The number of benzene rings is 1. The number of methoxy groups -OCH3 is 1. The van der Waals surface area contributed by atoms with Crippen LogP contribution in [0.15, 0.2) is 24.3 Å². The lowest BCUT2D eigenvalue weighted by Gasteiger charge is -2.09. The number of hydrogen-bond acceptors (Lipinski definition) is 6. The van der Waals surface area contributed by atoms with Gasteiger partial charge in [-0.15, -0.1) is 11.3 Å². The van der Waals surface area contributed by atoms with Crippen molar-refractivity contribution in [1.29, 1.82) is 0 Å². The van der Waals surface area contributed by atoms with E-state index < -0.39 is 0 Å². The lowest BCUT2D eigenvalue weighted by molar-refractivity contribution is -0.140. The van der Waals surface area contributed by atoms with E-state index in [2.05, 4.69) is 10.1 Å². The highest BCUT2D eigenvalue weighted by Crippen LogP contribution is 2.39. The van der Waals surface area contributed by atoms with Gasteiger partial charge in [-0.3, -0.25) is 14.4 Å². The second kappa shape index (κ2) is 8.13. The minimum Gasteiger partial charge on any atom is -0.469 e. The maximum Gasteiger partial charge on any atom is 0.305 e. The molecule has 0 unspecified atom stereocenters. The fourth-order valence-electron chi connectivity index (χ4n) is 2.30. The number of ketones is 1. The molecule has 6 nitrogen and oxygen atoms in total.